The van der Waals surface area contributed by atoms with E-state index in [1.165, 1.54) is 18.4 Å². The molecule has 0 radical (unpaired) electrons. The Morgan fingerprint density at radius 3 is 2.15 bits per heavy atom. The van der Waals surface area contributed by atoms with Crippen molar-refractivity contribution >= 4 is 5.78 Å². The Kier molecular flexibility index (Phi) is 4.64. The highest BCUT2D eigenvalue weighted by Gasteiger charge is 2.42. The number of hydrogen-bond donors (Lipinski definition) is 0. The van der Waals surface area contributed by atoms with Gasteiger partial charge in [-0.2, -0.15) is 0 Å². The molecule has 0 bridgehead atoms. The lowest BCUT2D eigenvalue weighted by atomic mass is 9.86. The van der Waals surface area contributed by atoms with E-state index in [1.54, 1.807) is 0 Å². The van der Waals surface area contributed by atoms with Crippen LogP contribution in [0.1, 0.15) is 56.6 Å². The number of benzene rings is 1. The summed E-state index contributed by atoms with van der Waals surface area (Å²) in [6, 6.07) is 8.55. The largest absolute Gasteiger partial charge is 0.297 e. The van der Waals surface area contributed by atoms with Crippen LogP contribution in [-0.2, 0) is 11.2 Å². The van der Waals surface area contributed by atoms with Crippen LogP contribution in [0, 0.1) is 0 Å². The van der Waals surface area contributed by atoms with Crippen molar-refractivity contribution in [2.75, 3.05) is 14.1 Å². The summed E-state index contributed by atoms with van der Waals surface area (Å²) in [4.78, 5) is 14.9. The lowest BCUT2D eigenvalue weighted by molar-refractivity contribution is -0.128. The van der Waals surface area contributed by atoms with Crippen LogP contribution in [0.4, 0.5) is 0 Å². The first kappa shape index (κ1) is 15.2. The number of ketones is 1. The second-order valence-corrected chi connectivity index (χ2v) is 6.63. The van der Waals surface area contributed by atoms with Crippen molar-refractivity contribution < 1.29 is 4.79 Å². The number of Topliss-reactive ketones (excluding diaryl/α,β-unsaturated/α-hetero) is 1. The molecule has 0 N–H and O–H groups in total. The van der Waals surface area contributed by atoms with E-state index in [4.69, 9.17) is 0 Å². The Morgan fingerprint density at radius 2 is 1.70 bits per heavy atom. The van der Waals surface area contributed by atoms with Gasteiger partial charge in [0.1, 0.15) is 0 Å². The number of likely N-dealkylation sites (N-methyl/N-ethyl adjacent to an activating group) is 1. The average molecular weight is 273 g/mol. The molecular formula is C18H27NO. The molecule has 110 valence electrons. The SMILES string of the molecule is CC(C)c1ccc(CC(=O)C2(N(C)C)CCCC2)cc1. The van der Waals surface area contributed by atoms with Gasteiger partial charge in [0, 0.05) is 6.42 Å². The molecule has 0 unspecified atom stereocenters. The predicted molar refractivity (Wildman–Crippen MR) is 84.1 cm³/mol. The van der Waals surface area contributed by atoms with E-state index < -0.39 is 0 Å². The lowest BCUT2D eigenvalue weighted by Crippen LogP contribution is -2.49. The Morgan fingerprint density at radius 1 is 1.15 bits per heavy atom. The van der Waals surface area contributed by atoms with Crippen LogP contribution >= 0.6 is 0 Å². The van der Waals surface area contributed by atoms with E-state index in [2.05, 4.69) is 43.0 Å². The van der Waals surface area contributed by atoms with E-state index in [9.17, 15) is 4.79 Å². The second-order valence-electron chi connectivity index (χ2n) is 6.63. The highest BCUT2D eigenvalue weighted by Crippen LogP contribution is 2.35. The minimum absolute atomic E-state index is 0.212. The van der Waals surface area contributed by atoms with E-state index >= 15 is 0 Å². The standard InChI is InChI=1S/C18H27NO/c1-14(2)16-9-7-15(8-10-16)13-17(20)18(19(3)4)11-5-6-12-18/h7-10,14H,5-6,11-13H2,1-4H3. The van der Waals surface area contributed by atoms with Crippen molar-refractivity contribution in [1.82, 2.24) is 4.90 Å². The zero-order valence-corrected chi connectivity index (χ0v) is 13.3. The minimum Gasteiger partial charge on any atom is -0.297 e. The van der Waals surface area contributed by atoms with Crippen LogP contribution in [0.3, 0.4) is 0 Å². The van der Waals surface area contributed by atoms with E-state index in [-0.39, 0.29) is 5.54 Å². The first-order chi connectivity index (χ1) is 9.45. The maximum atomic E-state index is 12.8. The second kappa shape index (κ2) is 6.09. The van der Waals surface area contributed by atoms with Crippen LogP contribution in [0.25, 0.3) is 0 Å². The number of carbonyl (C=O) groups excluding carboxylic acids is 1. The van der Waals surface area contributed by atoms with Gasteiger partial charge in [0.2, 0.25) is 0 Å². The van der Waals surface area contributed by atoms with Gasteiger partial charge >= 0.3 is 0 Å². The van der Waals surface area contributed by atoms with Crippen LogP contribution in [0.15, 0.2) is 24.3 Å². The van der Waals surface area contributed by atoms with Crippen LogP contribution in [0.2, 0.25) is 0 Å². The van der Waals surface area contributed by atoms with E-state index in [1.807, 2.05) is 14.1 Å². The fourth-order valence-corrected chi connectivity index (χ4v) is 3.31. The summed E-state index contributed by atoms with van der Waals surface area (Å²) in [5, 5.41) is 0. The molecule has 1 aromatic rings. The smallest absolute Gasteiger partial charge is 0.157 e. The molecule has 1 aromatic carbocycles. The summed E-state index contributed by atoms with van der Waals surface area (Å²) in [5.74, 6) is 0.931. The van der Waals surface area contributed by atoms with Gasteiger partial charge < -0.3 is 0 Å². The Hall–Kier alpha value is -1.15. The fourth-order valence-electron chi connectivity index (χ4n) is 3.31. The topological polar surface area (TPSA) is 20.3 Å². The first-order valence-electron chi connectivity index (χ1n) is 7.75. The van der Waals surface area contributed by atoms with Gasteiger partial charge in [0.25, 0.3) is 0 Å². The molecule has 0 amide bonds. The van der Waals surface area contributed by atoms with Gasteiger partial charge in [-0.1, -0.05) is 51.0 Å². The van der Waals surface area contributed by atoms with E-state index in [0.29, 0.717) is 18.1 Å². The van der Waals surface area contributed by atoms with Gasteiger partial charge in [-0.05, 0) is 44.0 Å². The monoisotopic (exact) mass is 273 g/mol. The summed E-state index contributed by atoms with van der Waals surface area (Å²) >= 11 is 0. The highest BCUT2D eigenvalue weighted by atomic mass is 16.1. The molecule has 1 aliphatic rings. The zero-order valence-electron chi connectivity index (χ0n) is 13.3. The van der Waals surface area contributed by atoms with Crippen molar-refractivity contribution in [3.63, 3.8) is 0 Å². The van der Waals surface area contributed by atoms with Gasteiger partial charge in [0.15, 0.2) is 5.78 Å². The van der Waals surface area contributed by atoms with Gasteiger partial charge in [-0.15, -0.1) is 0 Å². The summed E-state index contributed by atoms with van der Waals surface area (Å²) in [7, 11) is 4.09. The molecule has 0 atom stereocenters. The zero-order chi connectivity index (χ0) is 14.8. The minimum atomic E-state index is -0.212. The fraction of sp³-hybridized carbons (Fsp3) is 0.611. The predicted octanol–water partition coefficient (Wildman–Crippen LogP) is 3.80. The lowest BCUT2D eigenvalue weighted by Gasteiger charge is -2.34. The molecule has 2 heteroatoms. The van der Waals surface area contributed by atoms with Crippen LogP contribution in [-0.4, -0.2) is 30.3 Å². The van der Waals surface area contributed by atoms with E-state index in [0.717, 1.165) is 18.4 Å². The molecule has 20 heavy (non-hydrogen) atoms. The summed E-state index contributed by atoms with van der Waals surface area (Å²) in [5.41, 5.74) is 2.27. The molecule has 1 saturated carbocycles. The summed E-state index contributed by atoms with van der Waals surface area (Å²) in [6.45, 7) is 4.39. The normalized spacial score (nSPS) is 17.9. The quantitative estimate of drug-likeness (QED) is 0.813. The molecule has 0 aromatic heterocycles. The Bertz CT molecular complexity index is 453. The molecule has 0 heterocycles. The molecule has 2 nitrogen and oxygen atoms in total. The molecule has 0 spiro atoms. The number of hydrogen-bond acceptors (Lipinski definition) is 2. The first-order valence-corrected chi connectivity index (χ1v) is 7.75. The molecule has 2 rings (SSSR count). The van der Waals surface area contributed by atoms with Crippen molar-refractivity contribution in [2.45, 2.75) is 57.4 Å². The Balaban J connectivity index is 2.10. The van der Waals surface area contributed by atoms with Crippen molar-refractivity contribution in [3.05, 3.63) is 35.4 Å². The molecule has 1 fully saturated rings. The van der Waals surface area contributed by atoms with Crippen LogP contribution in [0.5, 0.6) is 0 Å². The van der Waals surface area contributed by atoms with Gasteiger partial charge in [-0.3, -0.25) is 9.69 Å². The molecular weight excluding hydrogens is 246 g/mol. The Labute approximate surface area is 123 Å². The van der Waals surface area contributed by atoms with Crippen molar-refractivity contribution in [3.8, 4) is 0 Å². The third-order valence-electron chi connectivity index (χ3n) is 4.82. The third kappa shape index (κ3) is 2.95. The maximum Gasteiger partial charge on any atom is 0.157 e. The number of nitrogens with zero attached hydrogens (tertiary/aromatic N) is 1. The summed E-state index contributed by atoms with van der Waals surface area (Å²) < 4.78 is 0. The number of rotatable bonds is 5. The third-order valence-corrected chi connectivity index (χ3v) is 4.82. The van der Waals surface area contributed by atoms with Crippen molar-refractivity contribution in [1.29, 1.82) is 0 Å². The van der Waals surface area contributed by atoms with Gasteiger partial charge in [0.05, 0.1) is 5.54 Å². The van der Waals surface area contributed by atoms with Crippen LogP contribution < -0.4 is 0 Å². The maximum absolute atomic E-state index is 12.8. The highest BCUT2D eigenvalue weighted by molar-refractivity contribution is 5.90. The average Bonchev–Trinajstić information content (AvgIpc) is 2.90. The molecule has 0 saturated heterocycles. The number of carbonyl (C=O) groups is 1. The van der Waals surface area contributed by atoms with Gasteiger partial charge in [-0.25, -0.2) is 0 Å². The molecule has 0 aliphatic heterocycles. The summed E-state index contributed by atoms with van der Waals surface area (Å²) in [6.07, 6.45) is 4.95. The molecule has 1 aliphatic carbocycles. The van der Waals surface area contributed by atoms with Crippen molar-refractivity contribution in [2.24, 2.45) is 0 Å².